The lowest BCUT2D eigenvalue weighted by molar-refractivity contribution is 0.0592. The van der Waals surface area contributed by atoms with Crippen LogP contribution in [0.5, 0.6) is 5.75 Å². The van der Waals surface area contributed by atoms with Crippen LogP contribution in [-0.4, -0.2) is 25.2 Å². The molecule has 0 saturated carbocycles. The lowest BCUT2D eigenvalue weighted by Crippen LogP contribution is -2.08. The summed E-state index contributed by atoms with van der Waals surface area (Å²) < 4.78 is 9.79. The maximum atomic E-state index is 11.3. The van der Waals surface area contributed by atoms with Gasteiger partial charge in [-0.15, -0.1) is 0 Å². The van der Waals surface area contributed by atoms with E-state index in [2.05, 4.69) is 16.3 Å². The predicted octanol–water partition coefficient (Wildman–Crippen LogP) is 1.83. The van der Waals surface area contributed by atoms with Crippen molar-refractivity contribution in [3.63, 3.8) is 0 Å². The Hall–Kier alpha value is -1.84. The van der Waals surface area contributed by atoms with E-state index < -0.39 is 5.97 Å². The molecule has 0 unspecified atom stereocenters. The van der Waals surface area contributed by atoms with Crippen molar-refractivity contribution >= 4 is 12.0 Å². The molecular formula is C11H13NO3. The summed E-state index contributed by atoms with van der Waals surface area (Å²) in [5.74, 6) is 0.127. The highest BCUT2D eigenvalue weighted by Crippen LogP contribution is 2.25. The van der Waals surface area contributed by atoms with Crippen molar-refractivity contribution in [3.05, 3.63) is 29.6 Å². The normalized spacial score (nSPS) is 9.53. The van der Waals surface area contributed by atoms with Gasteiger partial charge in [-0.25, -0.2) is 9.78 Å². The van der Waals surface area contributed by atoms with Crippen LogP contribution in [0, 0.1) is 6.92 Å². The average Bonchev–Trinajstić information content (AvgIpc) is 2.27. The van der Waals surface area contributed by atoms with Crippen molar-refractivity contribution in [2.45, 2.75) is 6.92 Å². The van der Waals surface area contributed by atoms with Crippen molar-refractivity contribution in [2.24, 2.45) is 0 Å². The van der Waals surface area contributed by atoms with Crippen LogP contribution in [0.25, 0.3) is 6.08 Å². The number of aromatic nitrogens is 1. The monoisotopic (exact) mass is 207 g/mol. The Morgan fingerprint density at radius 3 is 2.67 bits per heavy atom. The zero-order valence-electron chi connectivity index (χ0n) is 9.03. The third-order valence-electron chi connectivity index (χ3n) is 2.09. The number of methoxy groups -OCH3 is 2. The third-order valence-corrected chi connectivity index (χ3v) is 2.09. The van der Waals surface area contributed by atoms with Gasteiger partial charge in [0.05, 0.1) is 14.2 Å². The van der Waals surface area contributed by atoms with Crippen molar-refractivity contribution < 1.29 is 14.3 Å². The summed E-state index contributed by atoms with van der Waals surface area (Å²) in [5, 5.41) is 0. The summed E-state index contributed by atoms with van der Waals surface area (Å²) in [6.45, 7) is 5.39. The average molecular weight is 207 g/mol. The minimum absolute atomic E-state index is 0.264. The Kier molecular flexibility index (Phi) is 3.44. The number of ether oxygens (including phenoxy) is 2. The summed E-state index contributed by atoms with van der Waals surface area (Å²) in [6.07, 6.45) is 3.16. The Balaban J connectivity index is 3.35. The van der Waals surface area contributed by atoms with Gasteiger partial charge in [-0.3, -0.25) is 0 Å². The molecule has 0 aliphatic rings. The molecule has 4 nitrogen and oxygen atoms in total. The van der Waals surface area contributed by atoms with Crippen LogP contribution < -0.4 is 4.74 Å². The van der Waals surface area contributed by atoms with Crippen molar-refractivity contribution in [1.82, 2.24) is 4.98 Å². The maximum absolute atomic E-state index is 11.3. The fraction of sp³-hybridized carbons (Fsp3) is 0.273. The largest absolute Gasteiger partial charge is 0.496 e. The van der Waals surface area contributed by atoms with Gasteiger partial charge in [0, 0.05) is 17.3 Å². The number of nitrogens with zero attached hydrogens (tertiary/aromatic N) is 1. The van der Waals surface area contributed by atoms with E-state index in [9.17, 15) is 4.79 Å². The molecule has 0 atom stereocenters. The molecule has 15 heavy (non-hydrogen) atoms. The van der Waals surface area contributed by atoms with Crippen LogP contribution >= 0.6 is 0 Å². The Morgan fingerprint density at radius 2 is 2.20 bits per heavy atom. The molecule has 0 saturated heterocycles. The lowest BCUT2D eigenvalue weighted by Gasteiger charge is -2.10. The zero-order chi connectivity index (χ0) is 11.4. The molecule has 1 heterocycles. The molecule has 0 radical (unpaired) electrons. The minimum Gasteiger partial charge on any atom is -0.496 e. The number of carbonyl (C=O) groups is 1. The van der Waals surface area contributed by atoms with E-state index >= 15 is 0 Å². The molecule has 0 amide bonds. The Labute approximate surface area is 88.5 Å². The first-order valence-electron chi connectivity index (χ1n) is 4.40. The standard InChI is InChI=1S/C11H13NO3/c1-5-8-6-12-9(11(13)15-4)7(2)10(8)14-3/h5-6H,1H2,2-4H3. The van der Waals surface area contributed by atoms with Gasteiger partial charge >= 0.3 is 5.97 Å². The second-order valence-corrected chi connectivity index (χ2v) is 2.92. The zero-order valence-corrected chi connectivity index (χ0v) is 9.03. The van der Waals surface area contributed by atoms with Gasteiger partial charge in [-0.2, -0.15) is 0 Å². The van der Waals surface area contributed by atoms with Crippen LogP contribution in [0.4, 0.5) is 0 Å². The van der Waals surface area contributed by atoms with E-state index in [-0.39, 0.29) is 5.69 Å². The molecule has 0 bridgehead atoms. The molecular weight excluding hydrogens is 194 g/mol. The van der Waals surface area contributed by atoms with Gasteiger partial charge in [0.1, 0.15) is 5.75 Å². The second-order valence-electron chi connectivity index (χ2n) is 2.92. The van der Waals surface area contributed by atoms with Crippen LogP contribution in [0.2, 0.25) is 0 Å². The number of pyridine rings is 1. The van der Waals surface area contributed by atoms with Gasteiger partial charge in [0.15, 0.2) is 5.69 Å². The van der Waals surface area contributed by atoms with E-state index in [0.29, 0.717) is 11.3 Å². The molecule has 1 aromatic heterocycles. The summed E-state index contributed by atoms with van der Waals surface area (Å²) >= 11 is 0. The maximum Gasteiger partial charge on any atom is 0.357 e. The van der Waals surface area contributed by atoms with Crippen molar-refractivity contribution in [1.29, 1.82) is 0 Å². The smallest absolute Gasteiger partial charge is 0.357 e. The lowest BCUT2D eigenvalue weighted by atomic mass is 10.1. The van der Waals surface area contributed by atoms with Crippen molar-refractivity contribution in [2.75, 3.05) is 14.2 Å². The first-order chi connectivity index (χ1) is 7.15. The number of esters is 1. The predicted molar refractivity (Wildman–Crippen MR) is 57.0 cm³/mol. The summed E-state index contributed by atoms with van der Waals surface area (Å²) in [7, 11) is 2.85. The molecule has 0 fully saturated rings. The molecule has 0 aliphatic carbocycles. The fourth-order valence-electron chi connectivity index (χ4n) is 1.33. The Morgan fingerprint density at radius 1 is 1.53 bits per heavy atom. The van der Waals surface area contributed by atoms with Gasteiger partial charge in [-0.05, 0) is 6.92 Å². The highest BCUT2D eigenvalue weighted by Gasteiger charge is 2.16. The minimum atomic E-state index is -0.471. The number of rotatable bonds is 3. The van der Waals surface area contributed by atoms with E-state index in [1.807, 2.05) is 0 Å². The molecule has 0 spiro atoms. The number of hydrogen-bond acceptors (Lipinski definition) is 4. The van der Waals surface area contributed by atoms with E-state index in [1.54, 1.807) is 13.0 Å². The van der Waals surface area contributed by atoms with Crippen LogP contribution in [-0.2, 0) is 4.74 Å². The van der Waals surface area contributed by atoms with E-state index in [4.69, 9.17) is 4.74 Å². The quantitative estimate of drug-likeness (QED) is 0.709. The molecule has 4 heteroatoms. The molecule has 0 aromatic carbocycles. The third kappa shape index (κ3) is 1.98. The molecule has 1 aromatic rings. The van der Waals surface area contributed by atoms with Gasteiger partial charge in [0.25, 0.3) is 0 Å². The molecule has 1 rings (SSSR count). The molecule has 80 valence electrons. The van der Waals surface area contributed by atoms with Crippen LogP contribution in [0.3, 0.4) is 0 Å². The van der Waals surface area contributed by atoms with Crippen molar-refractivity contribution in [3.8, 4) is 5.75 Å². The topological polar surface area (TPSA) is 48.4 Å². The number of carbonyl (C=O) groups excluding carboxylic acids is 1. The SMILES string of the molecule is C=Cc1cnc(C(=O)OC)c(C)c1OC. The first-order valence-corrected chi connectivity index (χ1v) is 4.40. The number of hydrogen-bond donors (Lipinski definition) is 0. The summed E-state index contributed by atoms with van der Waals surface area (Å²) in [4.78, 5) is 15.3. The molecule has 0 N–H and O–H groups in total. The van der Waals surface area contributed by atoms with Gasteiger partial charge in [-0.1, -0.05) is 12.7 Å². The second kappa shape index (κ2) is 4.59. The highest BCUT2D eigenvalue weighted by molar-refractivity contribution is 5.90. The molecule has 0 aliphatic heterocycles. The highest BCUT2D eigenvalue weighted by atomic mass is 16.5. The van der Waals surface area contributed by atoms with Crippen LogP contribution in [0.1, 0.15) is 21.6 Å². The van der Waals surface area contributed by atoms with E-state index in [0.717, 1.165) is 5.56 Å². The fourth-order valence-corrected chi connectivity index (χ4v) is 1.33. The summed E-state index contributed by atoms with van der Waals surface area (Å²) in [5.41, 5.74) is 1.67. The van der Waals surface area contributed by atoms with Crippen LogP contribution in [0.15, 0.2) is 12.8 Å². The first kappa shape index (κ1) is 11.2. The van der Waals surface area contributed by atoms with E-state index in [1.165, 1.54) is 20.4 Å². The summed E-state index contributed by atoms with van der Waals surface area (Å²) in [6, 6.07) is 0. The van der Waals surface area contributed by atoms with Gasteiger partial charge < -0.3 is 9.47 Å². The van der Waals surface area contributed by atoms with Gasteiger partial charge in [0.2, 0.25) is 0 Å². The Bertz CT molecular complexity index is 399.